The first-order valence-electron chi connectivity index (χ1n) is 7.38. The molecule has 0 N–H and O–H groups in total. The molecular formula is C15H15ClF3NO4. The van der Waals surface area contributed by atoms with E-state index in [2.05, 4.69) is 4.74 Å². The smallest absolute Gasteiger partial charge is 0.416 e. The van der Waals surface area contributed by atoms with E-state index in [0.29, 0.717) is 35.3 Å². The lowest BCUT2D eigenvalue weighted by Gasteiger charge is -2.34. The van der Waals surface area contributed by atoms with Gasteiger partial charge in [0.1, 0.15) is 13.2 Å². The van der Waals surface area contributed by atoms with Crippen molar-refractivity contribution < 1.29 is 32.2 Å². The molecule has 5 nitrogen and oxygen atoms in total. The van der Waals surface area contributed by atoms with E-state index in [4.69, 9.17) is 21.1 Å². The quantitative estimate of drug-likeness (QED) is 0.807. The van der Waals surface area contributed by atoms with E-state index in [1.165, 1.54) is 0 Å². The summed E-state index contributed by atoms with van der Waals surface area (Å²) in [5.41, 5.74) is 0.487. The van der Waals surface area contributed by atoms with Crippen LogP contribution in [-0.4, -0.2) is 56.0 Å². The number of hydrogen-bond donors (Lipinski definition) is 0. The summed E-state index contributed by atoms with van der Waals surface area (Å²) in [6.45, 7) is 0.260. The summed E-state index contributed by atoms with van der Waals surface area (Å²) in [5, 5.41) is 0.313. The third kappa shape index (κ3) is 3.70. The maximum Gasteiger partial charge on any atom is 0.416 e. The minimum absolute atomic E-state index is 0.111. The lowest BCUT2D eigenvalue weighted by Crippen LogP contribution is -2.51. The number of halogens is 4. The minimum Gasteiger partial charge on any atom is -0.486 e. The van der Waals surface area contributed by atoms with E-state index >= 15 is 0 Å². The molecule has 3 rings (SSSR count). The topological polar surface area (TPSA) is 48.0 Å². The van der Waals surface area contributed by atoms with Crippen LogP contribution in [0.4, 0.5) is 13.2 Å². The molecule has 1 fully saturated rings. The highest BCUT2D eigenvalue weighted by molar-refractivity contribution is 6.31. The lowest BCUT2D eigenvalue weighted by molar-refractivity contribution is -0.236. The van der Waals surface area contributed by atoms with Gasteiger partial charge < -0.3 is 19.1 Å². The Bertz CT molecular complexity index is 638. The van der Waals surface area contributed by atoms with Crippen molar-refractivity contribution in [1.29, 1.82) is 0 Å². The third-order valence-corrected chi connectivity index (χ3v) is 4.19. The van der Waals surface area contributed by atoms with Gasteiger partial charge in [-0.05, 0) is 11.6 Å². The van der Waals surface area contributed by atoms with Gasteiger partial charge in [-0.1, -0.05) is 11.6 Å². The zero-order valence-corrected chi connectivity index (χ0v) is 13.3. The second-order valence-corrected chi connectivity index (χ2v) is 5.91. The van der Waals surface area contributed by atoms with Crippen LogP contribution in [0.2, 0.25) is 5.02 Å². The number of fused-ring (bicyclic) bond motifs is 1. The predicted molar refractivity (Wildman–Crippen MR) is 78.5 cm³/mol. The zero-order valence-electron chi connectivity index (χ0n) is 12.6. The van der Waals surface area contributed by atoms with Gasteiger partial charge in [-0.25, -0.2) is 0 Å². The average Bonchev–Trinajstić information content (AvgIpc) is 2.55. The van der Waals surface area contributed by atoms with Crippen molar-refractivity contribution in [3.63, 3.8) is 0 Å². The Hall–Kier alpha value is -1.67. The van der Waals surface area contributed by atoms with Crippen LogP contribution >= 0.6 is 11.6 Å². The van der Waals surface area contributed by atoms with Crippen molar-refractivity contribution in [3.05, 3.63) is 22.7 Å². The minimum atomic E-state index is -4.49. The van der Waals surface area contributed by atoms with Gasteiger partial charge in [0, 0.05) is 17.6 Å². The Labute approximate surface area is 141 Å². The summed E-state index contributed by atoms with van der Waals surface area (Å²) in [6, 6.07) is 3.15. The van der Waals surface area contributed by atoms with Gasteiger partial charge in [-0.2, -0.15) is 13.2 Å². The van der Waals surface area contributed by atoms with E-state index in [1.54, 1.807) is 12.1 Å². The van der Waals surface area contributed by atoms with Gasteiger partial charge in [0.15, 0.2) is 17.6 Å². The number of rotatable bonds is 2. The van der Waals surface area contributed by atoms with E-state index in [0.717, 1.165) is 4.90 Å². The number of alkyl halides is 3. The van der Waals surface area contributed by atoms with Crippen LogP contribution in [0, 0.1) is 0 Å². The monoisotopic (exact) mass is 365 g/mol. The Morgan fingerprint density at radius 2 is 1.88 bits per heavy atom. The van der Waals surface area contributed by atoms with Crippen LogP contribution in [-0.2, 0) is 16.0 Å². The molecule has 2 heterocycles. The van der Waals surface area contributed by atoms with Crippen molar-refractivity contribution in [1.82, 2.24) is 4.90 Å². The molecule has 1 amide bonds. The highest BCUT2D eigenvalue weighted by atomic mass is 35.5. The largest absolute Gasteiger partial charge is 0.486 e. The van der Waals surface area contributed by atoms with Crippen LogP contribution in [0.1, 0.15) is 5.56 Å². The number of amides is 1. The number of hydrogen-bond acceptors (Lipinski definition) is 4. The first kappa shape index (κ1) is 17.2. The predicted octanol–water partition coefficient (Wildman–Crippen LogP) is 2.44. The number of nitrogens with zero attached hydrogens (tertiary/aromatic N) is 1. The van der Waals surface area contributed by atoms with Crippen molar-refractivity contribution in [2.24, 2.45) is 0 Å². The molecule has 0 aromatic heterocycles. The number of carbonyl (C=O) groups excluding carboxylic acids is 1. The molecule has 1 aromatic carbocycles. The highest BCUT2D eigenvalue weighted by Crippen LogP contribution is 2.36. The number of morpholine rings is 1. The maximum absolute atomic E-state index is 12.7. The molecule has 1 atom stereocenters. The van der Waals surface area contributed by atoms with E-state index < -0.39 is 24.7 Å². The van der Waals surface area contributed by atoms with Gasteiger partial charge in [0.2, 0.25) is 5.91 Å². The van der Waals surface area contributed by atoms with Gasteiger partial charge >= 0.3 is 6.18 Å². The number of carbonyl (C=O) groups is 1. The molecule has 1 aromatic rings. The summed E-state index contributed by atoms with van der Waals surface area (Å²) in [6.07, 6.45) is -6.56. The molecule has 0 spiro atoms. The molecule has 132 valence electrons. The van der Waals surface area contributed by atoms with Crippen LogP contribution in [0.5, 0.6) is 11.5 Å². The van der Waals surface area contributed by atoms with E-state index in [-0.39, 0.29) is 19.6 Å². The molecule has 1 saturated heterocycles. The zero-order chi connectivity index (χ0) is 17.3. The van der Waals surface area contributed by atoms with Crippen LogP contribution in [0.3, 0.4) is 0 Å². The SMILES string of the molecule is O=C(Cc1cc2c(cc1Cl)OCCO2)N1CCO[C@@H](C(F)(F)F)C1. The first-order valence-corrected chi connectivity index (χ1v) is 7.76. The summed E-state index contributed by atoms with van der Waals surface area (Å²) in [7, 11) is 0. The standard InChI is InChI=1S/C15H15ClF3NO4/c16-10-7-12-11(22-3-4-23-12)5-9(10)6-14(21)20-1-2-24-13(8-20)15(17,18)19/h5,7,13H,1-4,6,8H2/t13-/m1/s1. The van der Waals surface area contributed by atoms with Gasteiger partial charge in [0.05, 0.1) is 19.6 Å². The summed E-state index contributed by atoms with van der Waals surface area (Å²) in [4.78, 5) is 13.5. The van der Waals surface area contributed by atoms with Gasteiger partial charge in [-0.3, -0.25) is 4.79 Å². The molecule has 9 heteroatoms. The highest BCUT2D eigenvalue weighted by Gasteiger charge is 2.44. The van der Waals surface area contributed by atoms with Crippen molar-refractivity contribution in [2.45, 2.75) is 18.7 Å². The normalized spacial score (nSPS) is 20.8. The fourth-order valence-electron chi connectivity index (χ4n) is 2.59. The average molecular weight is 366 g/mol. The molecular weight excluding hydrogens is 351 g/mol. The van der Waals surface area contributed by atoms with E-state index in [1.807, 2.05) is 0 Å². The van der Waals surface area contributed by atoms with E-state index in [9.17, 15) is 18.0 Å². The maximum atomic E-state index is 12.7. The summed E-state index contributed by atoms with van der Waals surface area (Å²) in [5.74, 6) is 0.528. The Balaban J connectivity index is 1.70. The molecule has 2 aliphatic heterocycles. The first-order chi connectivity index (χ1) is 11.3. The molecule has 2 aliphatic rings. The Morgan fingerprint density at radius 1 is 1.21 bits per heavy atom. The molecule has 0 unspecified atom stereocenters. The number of benzene rings is 1. The molecule has 0 aliphatic carbocycles. The van der Waals surface area contributed by atoms with Gasteiger partial charge in [-0.15, -0.1) is 0 Å². The summed E-state index contributed by atoms with van der Waals surface area (Å²) < 4.78 is 53.7. The van der Waals surface area contributed by atoms with Crippen molar-refractivity contribution in [2.75, 3.05) is 32.9 Å². The van der Waals surface area contributed by atoms with Crippen molar-refractivity contribution >= 4 is 17.5 Å². The number of ether oxygens (including phenoxy) is 3. The molecule has 0 radical (unpaired) electrons. The Kier molecular flexibility index (Phi) is 4.78. The van der Waals surface area contributed by atoms with Crippen LogP contribution in [0.15, 0.2) is 12.1 Å². The second kappa shape index (κ2) is 6.68. The molecule has 0 saturated carbocycles. The lowest BCUT2D eigenvalue weighted by atomic mass is 10.1. The molecule has 0 bridgehead atoms. The van der Waals surface area contributed by atoms with Crippen LogP contribution in [0.25, 0.3) is 0 Å². The fourth-order valence-corrected chi connectivity index (χ4v) is 2.81. The third-order valence-electron chi connectivity index (χ3n) is 3.84. The summed E-state index contributed by atoms with van der Waals surface area (Å²) >= 11 is 6.13. The fraction of sp³-hybridized carbons (Fsp3) is 0.533. The second-order valence-electron chi connectivity index (χ2n) is 5.50. The van der Waals surface area contributed by atoms with Gasteiger partial charge in [0.25, 0.3) is 0 Å². The Morgan fingerprint density at radius 3 is 2.54 bits per heavy atom. The van der Waals surface area contributed by atoms with Crippen molar-refractivity contribution in [3.8, 4) is 11.5 Å². The van der Waals surface area contributed by atoms with Crippen LogP contribution < -0.4 is 9.47 Å². The molecule has 24 heavy (non-hydrogen) atoms.